The normalized spacial score (nSPS) is 17.8. The summed E-state index contributed by atoms with van der Waals surface area (Å²) in [6, 6.07) is 0.757. The number of hydrogen-bond donors (Lipinski definition) is 1. The molecule has 1 amide bonds. The minimum atomic E-state index is -0.992. The number of likely N-dealkylation sites (tertiary alicyclic amines) is 1. The second kappa shape index (κ2) is 5.86. The molecule has 6 heteroatoms. The molecule has 19 heavy (non-hydrogen) atoms. The van der Waals surface area contributed by atoms with E-state index in [9.17, 15) is 9.59 Å². The lowest BCUT2D eigenvalue weighted by atomic mass is 10.2. The van der Waals surface area contributed by atoms with E-state index in [1.165, 1.54) is 17.8 Å². The molecule has 1 saturated heterocycles. The number of amides is 1. The first-order valence-corrected chi connectivity index (χ1v) is 6.67. The summed E-state index contributed by atoms with van der Waals surface area (Å²) in [5.41, 5.74) is 0.358. The summed E-state index contributed by atoms with van der Waals surface area (Å²) >= 11 is 0. The second-order valence-electron chi connectivity index (χ2n) is 4.88. The Kier molecular flexibility index (Phi) is 4.19. The highest BCUT2D eigenvalue weighted by atomic mass is 16.4. The lowest BCUT2D eigenvalue weighted by molar-refractivity contribution is -0.140. The monoisotopic (exact) mass is 265 g/mol. The summed E-state index contributed by atoms with van der Waals surface area (Å²) in [7, 11) is 0. The molecule has 104 valence electrons. The third kappa shape index (κ3) is 2.94. The van der Waals surface area contributed by atoms with Crippen LogP contribution in [0, 0.1) is 0 Å². The fraction of sp³-hybridized carbons (Fsp3) is 0.615. The lowest BCUT2D eigenvalue weighted by Gasteiger charge is -2.21. The molecule has 0 spiro atoms. The van der Waals surface area contributed by atoms with Crippen LogP contribution < -0.4 is 0 Å². The van der Waals surface area contributed by atoms with Crippen molar-refractivity contribution in [1.82, 2.24) is 14.7 Å². The average molecular weight is 265 g/mol. The molecule has 2 rings (SSSR count). The Balaban J connectivity index is 2.19. The quantitative estimate of drug-likeness (QED) is 0.899. The Morgan fingerprint density at radius 3 is 2.47 bits per heavy atom. The molecule has 6 nitrogen and oxygen atoms in total. The lowest BCUT2D eigenvalue weighted by Crippen LogP contribution is -2.34. The molecule has 0 radical (unpaired) electrons. The summed E-state index contributed by atoms with van der Waals surface area (Å²) in [6.45, 7) is 3.01. The SMILES string of the molecule is CC(C(=O)O)n1nccc1C(=O)N1CCCCCC1. The molecule has 1 fully saturated rings. The van der Waals surface area contributed by atoms with Crippen molar-refractivity contribution in [3.8, 4) is 0 Å². The molecule has 1 N–H and O–H groups in total. The molecule has 0 bridgehead atoms. The summed E-state index contributed by atoms with van der Waals surface area (Å²) < 4.78 is 1.29. The Morgan fingerprint density at radius 2 is 1.89 bits per heavy atom. The minimum Gasteiger partial charge on any atom is -0.480 e. The van der Waals surface area contributed by atoms with Crippen molar-refractivity contribution in [3.05, 3.63) is 18.0 Å². The Labute approximate surface area is 112 Å². The van der Waals surface area contributed by atoms with Crippen molar-refractivity contribution in [2.45, 2.75) is 38.6 Å². The second-order valence-corrected chi connectivity index (χ2v) is 4.88. The van der Waals surface area contributed by atoms with E-state index in [0.29, 0.717) is 5.69 Å². The van der Waals surface area contributed by atoms with Crippen LogP contribution in [0.3, 0.4) is 0 Å². The van der Waals surface area contributed by atoms with Gasteiger partial charge in [-0.3, -0.25) is 4.79 Å². The number of hydrogen-bond acceptors (Lipinski definition) is 3. The van der Waals surface area contributed by atoms with E-state index in [1.807, 2.05) is 0 Å². The van der Waals surface area contributed by atoms with E-state index >= 15 is 0 Å². The van der Waals surface area contributed by atoms with Crippen LogP contribution in [-0.4, -0.2) is 44.8 Å². The molecule has 1 aliphatic heterocycles. The first kappa shape index (κ1) is 13.6. The molecule has 0 aromatic carbocycles. The highest BCUT2D eigenvalue weighted by Gasteiger charge is 2.24. The van der Waals surface area contributed by atoms with Gasteiger partial charge in [0.15, 0.2) is 0 Å². The molecule has 1 aromatic rings. The molecule has 1 unspecified atom stereocenters. The van der Waals surface area contributed by atoms with Gasteiger partial charge in [0.05, 0.1) is 0 Å². The van der Waals surface area contributed by atoms with Crippen LogP contribution in [0.2, 0.25) is 0 Å². The van der Waals surface area contributed by atoms with E-state index in [2.05, 4.69) is 5.10 Å². The van der Waals surface area contributed by atoms with E-state index in [4.69, 9.17) is 5.11 Å². The largest absolute Gasteiger partial charge is 0.480 e. The van der Waals surface area contributed by atoms with Gasteiger partial charge < -0.3 is 10.0 Å². The van der Waals surface area contributed by atoms with Gasteiger partial charge in [-0.25, -0.2) is 9.48 Å². The molecular weight excluding hydrogens is 246 g/mol. The number of carboxylic acid groups (broad SMARTS) is 1. The zero-order valence-corrected chi connectivity index (χ0v) is 11.1. The van der Waals surface area contributed by atoms with Gasteiger partial charge in [0, 0.05) is 19.3 Å². The minimum absolute atomic E-state index is 0.118. The predicted molar refractivity (Wildman–Crippen MR) is 68.9 cm³/mol. The van der Waals surface area contributed by atoms with Gasteiger partial charge in [-0.2, -0.15) is 5.10 Å². The van der Waals surface area contributed by atoms with Crippen LogP contribution in [-0.2, 0) is 4.79 Å². The zero-order valence-electron chi connectivity index (χ0n) is 11.1. The third-order valence-electron chi connectivity index (χ3n) is 3.51. The van der Waals surface area contributed by atoms with E-state index in [0.717, 1.165) is 38.8 Å². The molecule has 0 aliphatic carbocycles. The van der Waals surface area contributed by atoms with Crippen molar-refractivity contribution >= 4 is 11.9 Å². The predicted octanol–water partition coefficient (Wildman–Crippen LogP) is 1.54. The number of rotatable bonds is 3. The molecule has 1 aromatic heterocycles. The number of aliphatic carboxylic acids is 1. The van der Waals surface area contributed by atoms with Crippen molar-refractivity contribution in [2.75, 3.05) is 13.1 Å². The maximum absolute atomic E-state index is 12.4. The highest BCUT2D eigenvalue weighted by molar-refractivity contribution is 5.93. The summed E-state index contributed by atoms with van der Waals surface area (Å²) in [5.74, 6) is -1.11. The highest BCUT2D eigenvalue weighted by Crippen LogP contribution is 2.15. The fourth-order valence-electron chi connectivity index (χ4n) is 2.33. The standard InChI is InChI=1S/C13H19N3O3/c1-10(13(18)19)16-11(6-7-14-16)12(17)15-8-4-2-3-5-9-15/h6-7,10H,2-5,8-9H2,1H3,(H,18,19). The van der Waals surface area contributed by atoms with E-state index in [1.54, 1.807) is 11.0 Å². The summed E-state index contributed by atoms with van der Waals surface area (Å²) in [6.07, 6.45) is 5.79. The molecule has 1 atom stereocenters. The van der Waals surface area contributed by atoms with Gasteiger partial charge >= 0.3 is 5.97 Å². The van der Waals surface area contributed by atoms with Crippen LogP contribution in [0.1, 0.15) is 49.1 Å². The number of nitrogens with zero attached hydrogens (tertiary/aromatic N) is 3. The topological polar surface area (TPSA) is 75.4 Å². The van der Waals surface area contributed by atoms with Crippen LogP contribution in [0.15, 0.2) is 12.3 Å². The fourth-order valence-corrected chi connectivity index (χ4v) is 2.33. The number of aromatic nitrogens is 2. The molecular formula is C13H19N3O3. The summed E-state index contributed by atoms with van der Waals surface area (Å²) in [4.78, 5) is 25.3. The van der Waals surface area contributed by atoms with Crippen LogP contribution in [0.25, 0.3) is 0 Å². The Bertz CT molecular complexity index is 461. The zero-order chi connectivity index (χ0) is 13.8. The first-order valence-electron chi connectivity index (χ1n) is 6.67. The maximum Gasteiger partial charge on any atom is 0.328 e. The average Bonchev–Trinajstić information content (AvgIpc) is 2.71. The van der Waals surface area contributed by atoms with E-state index in [-0.39, 0.29) is 5.91 Å². The number of carbonyl (C=O) groups excluding carboxylic acids is 1. The third-order valence-corrected chi connectivity index (χ3v) is 3.51. The smallest absolute Gasteiger partial charge is 0.328 e. The van der Waals surface area contributed by atoms with Gasteiger partial charge in [-0.1, -0.05) is 12.8 Å². The first-order chi connectivity index (χ1) is 9.11. The van der Waals surface area contributed by atoms with Gasteiger partial charge in [0.2, 0.25) is 0 Å². The Morgan fingerprint density at radius 1 is 1.26 bits per heavy atom. The van der Waals surface area contributed by atoms with Crippen molar-refractivity contribution < 1.29 is 14.7 Å². The Hall–Kier alpha value is -1.85. The van der Waals surface area contributed by atoms with Crippen LogP contribution in [0.5, 0.6) is 0 Å². The van der Waals surface area contributed by atoms with Crippen LogP contribution >= 0.6 is 0 Å². The summed E-state index contributed by atoms with van der Waals surface area (Å²) in [5, 5.41) is 13.0. The molecule has 0 saturated carbocycles. The van der Waals surface area contributed by atoms with Gasteiger partial charge in [-0.05, 0) is 25.8 Å². The van der Waals surface area contributed by atoms with Gasteiger partial charge in [0.1, 0.15) is 11.7 Å². The number of carboxylic acids is 1. The van der Waals surface area contributed by atoms with Gasteiger partial charge in [-0.15, -0.1) is 0 Å². The maximum atomic E-state index is 12.4. The van der Waals surface area contributed by atoms with Crippen molar-refractivity contribution in [1.29, 1.82) is 0 Å². The van der Waals surface area contributed by atoms with E-state index < -0.39 is 12.0 Å². The van der Waals surface area contributed by atoms with Crippen molar-refractivity contribution in [3.63, 3.8) is 0 Å². The number of carbonyl (C=O) groups is 2. The van der Waals surface area contributed by atoms with Crippen LogP contribution in [0.4, 0.5) is 0 Å². The molecule has 1 aliphatic rings. The van der Waals surface area contributed by atoms with Gasteiger partial charge in [0.25, 0.3) is 5.91 Å². The van der Waals surface area contributed by atoms with Crippen molar-refractivity contribution in [2.24, 2.45) is 0 Å². The molecule has 2 heterocycles.